The highest BCUT2D eigenvalue weighted by Gasteiger charge is 2.09. The second-order valence-corrected chi connectivity index (χ2v) is 2.47. The number of nitrogens with two attached hydrogens (primary N) is 1. The summed E-state index contributed by atoms with van der Waals surface area (Å²) in [7, 11) is 0. The van der Waals surface area contributed by atoms with E-state index in [1.807, 2.05) is 6.92 Å². The maximum Gasteiger partial charge on any atom is 0.243 e. The predicted octanol–water partition coefficient (Wildman–Crippen LogP) is 0.626. The van der Waals surface area contributed by atoms with Crippen molar-refractivity contribution in [3.05, 3.63) is 11.7 Å². The minimum Gasteiger partial charge on any atom is -0.374 e. The molecule has 1 aromatic rings. The summed E-state index contributed by atoms with van der Waals surface area (Å²) in [5, 5.41) is 3.68. The van der Waals surface area contributed by atoms with E-state index >= 15 is 0 Å². The largest absolute Gasteiger partial charge is 0.374 e. The van der Waals surface area contributed by atoms with Gasteiger partial charge < -0.3 is 15.0 Å². The van der Waals surface area contributed by atoms with Crippen LogP contribution in [-0.4, -0.2) is 16.7 Å². The number of hydrogen-bond acceptors (Lipinski definition) is 5. The van der Waals surface area contributed by atoms with Gasteiger partial charge in [0.05, 0.1) is 6.04 Å². The summed E-state index contributed by atoms with van der Waals surface area (Å²) in [6.07, 6.45) is 0. The molecule has 0 saturated heterocycles. The maximum absolute atomic E-state index is 5.52. The van der Waals surface area contributed by atoms with E-state index in [9.17, 15) is 0 Å². The number of aromatic nitrogens is 2. The molecule has 12 heavy (non-hydrogen) atoms. The lowest BCUT2D eigenvalue weighted by Crippen LogP contribution is -2.05. The Bertz CT molecular complexity index is 234. The summed E-state index contributed by atoms with van der Waals surface area (Å²) in [4.78, 5) is 4.02. The van der Waals surface area contributed by atoms with E-state index in [0.29, 0.717) is 24.9 Å². The van der Waals surface area contributed by atoms with Crippen molar-refractivity contribution in [2.24, 2.45) is 5.73 Å². The van der Waals surface area contributed by atoms with Gasteiger partial charge in [-0.3, -0.25) is 0 Å². The van der Waals surface area contributed by atoms with Crippen LogP contribution >= 0.6 is 0 Å². The molecule has 0 saturated carbocycles. The van der Waals surface area contributed by atoms with Gasteiger partial charge in [0.15, 0.2) is 5.82 Å². The van der Waals surface area contributed by atoms with Gasteiger partial charge in [0.2, 0.25) is 5.89 Å². The molecule has 1 unspecified atom stereocenters. The molecule has 0 aliphatic carbocycles. The van der Waals surface area contributed by atoms with E-state index in [4.69, 9.17) is 15.0 Å². The minimum absolute atomic E-state index is 0.215. The van der Waals surface area contributed by atoms with Gasteiger partial charge in [-0.25, -0.2) is 0 Å². The molecule has 5 nitrogen and oxygen atoms in total. The van der Waals surface area contributed by atoms with Crippen LogP contribution in [0.15, 0.2) is 4.52 Å². The number of nitrogens with zero attached hydrogens (tertiary/aromatic N) is 2. The smallest absolute Gasteiger partial charge is 0.243 e. The lowest BCUT2D eigenvalue weighted by atomic mass is 10.4. The summed E-state index contributed by atoms with van der Waals surface area (Å²) < 4.78 is 9.94. The van der Waals surface area contributed by atoms with Crippen molar-refractivity contribution in [2.45, 2.75) is 26.5 Å². The minimum atomic E-state index is -0.215. The van der Waals surface area contributed by atoms with Gasteiger partial charge in [0.1, 0.15) is 6.61 Å². The summed E-state index contributed by atoms with van der Waals surface area (Å²) in [6, 6.07) is -0.215. The molecule has 1 heterocycles. The Labute approximate surface area is 70.9 Å². The lowest BCUT2D eigenvalue weighted by molar-refractivity contribution is 0.126. The molecule has 0 radical (unpaired) electrons. The summed E-state index contributed by atoms with van der Waals surface area (Å²) in [6.45, 7) is 4.72. The van der Waals surface area contributed by atoms with Crippen LogP contribution in [-0.2, 0) is 11.3 Å². The molecular formula is C7H13N3O2. The Morgan fingerprint density at radius 3 is 2.92 bits per heavy atom. The highest BCUT2D eigenvalue weighted by molar-refractivity contribution is 4.88. The van der Waals surface area contributed by atoms with Gasteiger partial charge >= 0.3 is 0 Å². The Morgan fingerprint density at radius 1 is 1.67 bits per heavy atom. The quantitative estimate of drug-likeness (QED) is 0.719. The van der Waals surface area contributed by atoms with Crippen LogP contribution in [0, 0.1) is 0 Å². The fourth-order valence-corrected chi connectivity index (χ4v) is 0.704. The standard InChI is InChI=1S/C7H13N3O2/c1-3-11-4-6-9-7(5(2)8)12-10-6/h5H,3-4,8H2,1-2H3. The van der Waals surface area contributed by atoms with Crippen molar-refractivity contribution in [3.63, 3.8) is 0 Å². The summed E-state index contributed by atoms with van der Waals surface area (Å²) in [5.74, 6) is 0.994. The molecule has 2 N–H and O–H groups in total. The van der Waals surface area contributed by atoms with Crippen LogP contribution in [0.3, 0.4) is 0 Å². The SMILES string of the molecule is CCOCc1noc(C(C)N)n1. The van der Waals surface area contributed by atoms with Crippen molar-refractivity contribution < 1.29 is 9.26 Å². The third kappa shape index (κ3) is 2.28. The zero-order valence-electron chi connectivity index (χ0n) is 7.28. The average molecular weight is 171 g/mol. The fraction of sp³-hybridized carbons (Fsp3) is 0.714. The van der Waals surface area contributed by atoms with Gasteiger partial charge in [-0.15, -0.1) is 0 Å². The fourth-order valence-electron chi connectivity index (χ4n) is 0.704. The van der Waals surface area contributed by atoms with Crippen molar-refractivity contribution in [1.29, 1.82) is 0 Å². The van der Waals surface area contributed by atoms with Crippen molar-refractivity contribution in [3.8, 4) is 0 Å². The molecule has 5 heteroatoms. The third-order valence-corrected chi connectivity index (χ3v) is 1.31. The first kappa shape index (κ1) is 9.15. The molecule has 1 atom stereocenters. The molecule has 0 spiro atoms. The van der Waals surface area contributed by atoms with Crippen LogP contribution in [0.4, 0.5) is 0 Å². The van der Waals surface area contributed by atoms with Gasteiger partial charge in [-0.1, -0.05) is 5.16 Å². The van der Waals surface area contributed by atoms with Crippen LogP contribution in [0.5, 0.6) is 0 Å². The number of hydrogen-bond donors (Lipinski definition) is 1. The second-order valence-electron chi connectivity index (χ2n) is 2.47. The van der Waals surface area contributed by atoms with Gasteiger partial charge in [0.25, 0.3) is 0 Å². The first-order chi connectivity index (χ1) is 5.74. The number of rotatable bonds is 4. The van der Waals surface area contributed by atoms with Crippen molar-refractivity contribution >= 4 is 0 Å². The first-order valence-electron chi connectivity index (χ1n) is 3.89. The first-order valence-corrected chi connectivity index (χ1v) is 3.89. The molecule has 0 aromatic carbocycles. The highest BCUT2D eigenvalue weighted by atomic mass is 16.5. The maximum atomic E-state index is 5.52. The van der Waals surface area contributed by atoms with Crippen molar-refractivity contribution in [2.75, 3.05) is 6.61 Å². The average Bonchev–Trinajstić information content (AvgIpc) is 2.48. The normalized spacial score (nSPS) is 13.2. The Kier molecular flexibility index (Phi) is 3.19. The van der Waals surface area contributed by atoms with Gasteiger partial charge in [0, 0.05) is 6.61 Å². The molecule has 0 fully saturated rings. The number of ether oxygens (including phenoxy) is 1. The molecule has 0 aliphatic heterocycles. The molecule has 1 aromatic heterocycles. The van der Waals surface area contributed by atoms with E-state index in [0.717, 1.165) is 0 Å². The van der Waals surface area contributed by atoms with Crippen LogP contribution in [0.2, 0.25) is 0 Å². The predicted molar refractivity (Wildman–Crippen MR) is 42.2 cm³/mol. The van der Waals surface area contributed by atoms with E-state index in [1.165, 1.54) is 0 Å². The van der Waals surface area contributed by atoms with E-state index < -0.39 is 0 Å². The highest BCUT2D eigenvalue weighted by Crippen LogP contribution is 2.06. The topological polar surface area (TPSA) is 74.2 Å². The zero-order valence-corrected chi connectivity index (χ0v) is 7.28. The zero-order chi connectivity index (χ0) is 8.97. The van der Waals surface area contributed by atoms with Crippen LogP contribution in [0.25, 0.3) is 0 Å². The van der Waals surface area contributed by atoms with Crippen molar-refractivity contribution in [1.82, 2.24) is 10.1 Å². The third-order valence-electron chi connectivity index (χ3n) is 1.31. The molecule has 0 aliphatic rings. The Balaban J connectivity index is 2.52. The van der Waals surface area contributed by atoms with E-state index in [2.05, 4.69) is 10.1 Å². The van der Waals surface area contributed by atoms with Gasteiger partial charge in [-0.2, -0.15) is 4.98 Å². The van der Waals surface area contributed by atoms with Crippen LogP contribution < -0.4 is 5.73 Å². The van der Waals surface area contributed by atoms with Crippen LogP contribution in [0.1, 0.15) is 31.6 Å². The monoisotopic (exact) mass is 171 g/mol. The molecule has 68 valence electrons. The lowest BCUT2D eigenvalue weighted by Gasteiger charge is -1.94. The second kappa shape index (κ2) is 4.18. The molecule has 0 bridgehead atoms. The van der Waals surface area contributed by atoms with Gasteiger partial charge in [-0.05, 0) is 13.8 Å². The van der Waals surface area contributed by atoms with E-state index in [1.54, 1.807) is 6.92 Å². The van der Waals surface area contributed by atoms with E-state index in [-0.39, 0.29) is 6.04 Å². The molecular weight excluding hydrogens is 158 g/mol. The summed E-state index contributed by atoms with van der Waals surface area (Å²) in [5.41, 5.74) is 5.52. The summed E-state index contributed by atoms with van der Waals surface area (Å²) >= 11 is 0. The Hall–Kier alpha value is -0.940. The molecule has 1 rings (SSSR count). The Morgan fingerprint density at radius 2 is 2.42 bits per heavy atom. The molecule has 0 amide bonds.